The summed E-state index contributed by atoms with van der Waals surface area (Å²) in [5.74, 6) is 1.95. The molecule has 0 fully saturated rings. The first-order valence-electron chi connectivity index (χ1n) is 25.0. The molecule has 0 radical (unpaired) electrons. The fourth-order valence-corrected chi connectivity index (χ4v) is 12.7. The van der Waals surface area contributed by atoms with E-state index in [0.29, 0.717) is 17.5 Å². The van der Waals surface area contributed by atoms with Gasteiger partial charge in [0, 0.05) is 56.4 Å². The van der Waals surface area contributed by atoms with Crippen LogP contribution in [0.4, 0.5) is 0 Å². The van der Waals surface area contributed by atoms with Crippen LogP contribution >= 0.6 is 0 Å². The van der Waals surface area contributed by atoms with E-state index in [4.69, 9.17) is 15.0 Å². The maximum atomic E-state index is 5.46. The predicted molar refractivity (Wildman–Crippen MR) is 294 cm³/mol. The summed E-state index contributed by atoms with van der Waals surface area (Å²) in [7, 11) is 0. The van der Waals surface area contributed by atoms with Crippen LogP contribution in [0.2, 0.25) is 0 Å². The molecular weight excluding hydrogens is 873 g/mol. The predicted octanol–water partition coefficient (Wildman–Crippen LogP) is 16.0. The maximum absolute atomic E-state index is 5.46. The van der Waals surface area contributed by atoms with Crippen molar-refractivity contribution < 1.29 is 0 Å². The number of hydrogen-bond acceptors (Lipinski definition) is 3. The standard InChI is InChI=1S/C68H48N4/c1-67(2)56-28-11-13-30-58(56)68(59-31-14-12-29-57(59)67)55-42-40-49(45-23-17-24-50(41-39-45)72-61-33-15-9-25-51(61)52-26-10-16-34-62(52)72)43-54(55)63-53(27-18-32-60(63)68)66-70-64(47-21-7-4-8-22-47)69-65(71-66)48-37-35-46(36-38-48)44-19-5-3-6-20-44/h3-38,40-43,54-55H,1-2H3. The number of allylic oxidation sites excluding steroid dienone is 9. The first-order chi connectivity index (χ1) is 35.5. The Morgan fingerprint density at radius 1 is 0.472 bits per heavy atom. The van der Waals surface area contributed by atoms with E-state index >= 15 is 0 Å². The average Bonchev–Trinajstić information content (AvgIpc) is 3.81. The molecule has 340 valence electrons. The van der Waals surface area contributed by atoms with E-state index in [0.717, 1.165) is 39.1 Å². The van der Waals surface area contributed by atoms with Crippen molar-refractivity contribution in [2.45, 2.75) is 30.6 Å². The van der Waals surface area contributed by atoms with Crippen molar-refractivity contribution in [3.8, 4) is 45.3 Å². The smallest absolute Gasteiger partial charge is 0.164 e. The Balaban J connectivity index is 0.980. The molecule has 10 aromatic rings. The van der Waals surface area contributed by atoms with E-state index in [-0.39, 0.29) is 17.3 Å². The Labute approximate surface area is 419 Å². The highest BCUT2D eigenvalue weighted by molar-refractivity contribution is 6.10. The van der Waals surface area contributed by atoms with Gasteiger partial charge in [-0.3, -0.25) is 0 Å². The number of benzene rings is 8. The molecule has 0 saturated carbocycles. The molecule has 8 aromatic carbocycles. The van der Waals surface area contributed by atoms with Crippen molar-refractivity contribution in [3.63, 3.8) is 0 Å². The molecule has 0 amide bonds. The molecule has 72 heavy (non-hydrogen) atoms. The second-order valence-electron chi connectivity index (χ2n) is 20.0. The van der Waals surface area contributed by atoms with Gasteiger partial charge < -0.3 is 4.57 Å². The number of para-hydroxylation sites is 2. The van der Waals surface area contributed by atoms with Crippen molar-refractivity contribution in [2.75, 3.05) is 0 Å². The molecule has 0 saturated heterocycles. The Bertz CT molecular complexity index is 3940. The summed E-state index contributed by atoms with van der Waals surface area (Å²) in [6.07, 6.45) is 16.1. The Kier molecular flexibility index (Phi) is 9.51. The fourth-order valence-electron chi connectivity index (χ4n) is 12.7. The zero-order valence-corrected chi connectivity index (χ0v) is 40.0. The zero-order valence-electron chi connectivity index (χ0n) is 40.0. The van der Waals surface area contributed by atoms with Gasteiger partial charge in [0.1, 0.15) is 0 Å². The highest BCUT2D eigenvalue weighted by Crippen LogP contribution is 2.66. The van der Waals surface area contributed by atoms with Crippen LogP contribution in [0.25, 0.3) is 72.8 Å². The molecule has 4 nitrogen and oxygen atoms in total. The number of rotatable bonds is 6. The molecule has 0 N–H and O–H groups in total. The van der Waals surface area contributed by atoms with E-state index in [1.807, 2.05) is 18.2 Å². The van der Waals surface area contributed by atoms with Gasteiger partial charge in [0.05, 0.1) is 22.1 Å². The van der Waals surface area contributed by atoms with Crippen LogP contribution < -0.4 is 0 Å². The molecule has 4 aliphatic rings. The summed E-state index contributed by atoms with van der Waals surface area (Å²) in [5.41, 5.74) is 21.9. The van der Waals surface area contributed by atoms with Crippen molar-refractivity contribution in [2.24, 2.45) is 5.92 Å². The Hall–Kier alpha value is -8.95. The molecule has 2 aromatic heterocycles. The fraction of sp³-hybridized carbons (Fsp3) is 0.0882. The largest absolute Gasteiger partial charge is 0.309 e. The first kappa shape index (κ1) is 42.0. The first-order valence-corrected chi connectivity index (χ1v) is 25.0. The lowest BCUT2D eigenvalue weighted by atomic mass is 9.53. The summed E-state index contributed by atoms with van der Waals surface area (Å²) in [4.78, 5) is 16.1. The second kappa shape index (κ2) is 16.3. The van der Waals surface area contributed by atoms with Gasteiger partial charge in [-0.05, 0) is 74.4 Å². The van der Waals surface area contributed by atoms with Crippen LogP contribution in [-0.2, 0) is 10.8 Å². The topological polar surface area (TPSA) is 43.6 Å². The number of aromatic nitrogens is 4. The summed E-state index contributed by atoms with van der Waals surface area (Å²) >= 11 is 0. The quantitative estimate of drug-likeness (QED) is 0.156. The molecule has 0 bridgehead atoms. The lowest BCUT2D eigenvalue weighted by Gasteiger charge is -2.49. The van der Waals surface area contributed by atoms with Crippen LogP contribution in [0, 0.1) is 5.92 Å². The Morgan fingerprint density at radius 3 is 1.64 bits per heavy atom. The van der Waals surface area contributed by atoms with E-state index in [2.05, 4.69) is 249 Å². The van der Waals surface area contributed by atoms with Crippen LogP contribution in [0.1, 0.15) is 53.1 Å². The second-order valence-corrected chi connectivity index (χ2v) is 20.0. The van der Waals surface area contributed by atoms with E-state index < -0.39 is 5.41 Å². The van der Waals surface area contributed by atoms with Gasteiger partial charge in [-0.1, -0.05) is 226 Å². The summed E-state index contributed by atoms with van der Waals surface area (Å²) in [6, 6.07) is 72.0. The van der Waals surface area contributed by atoms with E-state index in [1.54, 1.807) is 0 Å². The molecule has 2 heterocycles. The van der Waals surface area contributed by atoms with Crippen LogP contribution in [-0.4, -0.2) is 19.5 Å². The van der Waals surface area contributed by atoms with Crippen LogP contribution in [0.15, 0.2) is 260 Å². The van der Waals surface area contributed by atoms with Crippen molar-refractivity contribution >= 4 is 27.5 Å². The molecule has 4 heteroatoms. The highest BCUT2D eigenvalue weighted by atomic mass is 15.0. The van der Waals surface area contributed by atoms with Crippen LogP contribution in [0.3, 0.4) is 0 Å². The third-order valence-electron chi connectivity index (χ3n) is 15.9. The van der Waals surface area contributed by atoms with E-state index in [1.165, 1.54) is 60.8 Å². The van der Waals surface area contributed by atoms with Gasteiger partial charge >= 0.3 is 0 Å². The number of hydrogen-bond donors (Lipinski definition) is 0. The lowest BCUT2D eigenvalue weighted by molar-refractivity contribution is 0.419. The minimum absolute atomic E-state index is 0.0419. The van der Waals surface area contributed by atoms with Gasteiger partial charge in [-0.2, -0.15) is 0 Å². The Morgan fingerprint density at radius 2 is 0.986 bits per heavy atom. The molecular formula is C68H48N4. The van der Waals surface area contributed by atoms with Crippen molar-refractivity contribution in [1.29, 1.82) is 0 Å². The average molecular weight is 921 g/mol. The SMILES string of the molecule is CC1(C)c2ccccc2C2(c3ccccc31)c1cccc(-c3nc(-c4ccccc4)nc(-c4ccc(-c5ccccc5)cc4)n3)c1C1C=C(C3=C=CC(n4c5ccccc5c5ccccc54)=CC=C3)C=CC12. The van der Waals surface area contributed by atoms with Crippen molar-refractivity contribution in [3.05, 3.63) is 293 Å². The third kappa shape index (κ3) is 6.29. The van der Waals surface area contributed by atoms with Crippen LogP contribution in [0.5, 0.6) is 0 Å². The summed E-state index contributed by atoms with van der Waals surface area (Å²) in [6.45, 7) is 4.78. The monoisotopic (exact) mass is 920 g/mol. The van der Waals surface area contributed by atoms with Crippen molar-refractivity contribution in [1.82, 2.24) is 19.5 Å². The number of nitrogens with zero attached hydrogens (tertiary/aromatic N) is 4. The normalized spacial score (nSPS) is 17.7. The highest BCUT2D eigenvalue weighted by Gasteiger charge is 2.59. The third-order valence-corrected chi connectivity index (χ3v) is 15.9. The van der Waals surface area contributed by atoms with Gasteiger partial charge in [0.15, 0.2) is 17.5 Å². The molecule has 4 aliphatic carbocycles. The molecule has 0 aliphatic heterocycles. The van der Waals surface area contributed by atoms with Gasteiger partial charge in [0.25, 0.3) is 0 Å². The molecule has 2 unspecified atom stereocenters. The molecule has 1 spiro atoms. The van der Waals surface area contributed by atoms with Gasteiger partial charge in [-0.25, -0.2) is 15.0 Å². The summed E-state index contributed by atoms with van der Waals surface area (Å²) in [5, 5.41) is 2.48. The van der Waals surface area contributed by atoms with E-state index in [9.17, 15) is 0 Å². The summed E-state index contributed by atoms with van der Waals surface area (Å²) < 4.78 is 2.36. The molecule has 14 rings (SSSR count). The zero-order chi connectivity index (χ0) is 48.0. The lowest BCUT2D eigenvalue weighted by Crippen LogP contribution is -2.44. The minimum atomic E-state index is -0.503. The maximum Gasteiger partial charge on any atom is 0.164 e. The number of fused-ring (bicyclic) bond motifs is 12. The minimum Gasteiger partial charge on any atom is -0.309 e. The molecule has 2 atom stereocenters. The van der Waals surface area contributed by atoms with Gasteiger partial charge in [0.2, 0.25) is 0 Å². The van der Waals surface area contributed by atoms with Gasteiger partial charge in [-0.15, -0.1) is 5.73 Å².